The van der Waals surface area contributed by atoms with Crippen molar-refractivity contribution < 1.29 is 24.5 Å². The Hall–Kier alpha value is -1.30. The van der Waals surface area contributed by atoms with Gasteiger partial charge in [0.1, 0.15) is 6.10 Å². The lowest BCUT2D eigenvalue weighted by molar-refractivity contribution is -0.154. The molecule has 1 heterocycles. The standard InChI is InChI=1S/C26H41NO5/c1-25-11-9-18(32-24(31)27-13-3-4-17(28)15-27)14-16(25)5-6-19-20-7-8-22(23(29)30)26(20,2)12-10-21(19)25/h16-22,28H,3-15H2,1-2H3,(H,29,30)/t16-,17?,18?,19-,20-,21-,22?,25-,26-/m0/s1. The van der Waals surface area contributed by atoms with Gasteiger partial charge in [0.05, 0.1) is 12.0 Å². The zero-order valence-electron chi connectivity index (χ0n) is 19.8. The summed E-state index contributed by atoms with van der Waals surface area (Å²) in [7, 11) is 0. The quantitative estimate of drug-likeness (QED) is 0.641. The summed E-state index contributed by atoms with van der Waals surface area (Å²) >= 11 is 0. The number of rotatable bonds is 2. The van der Waals surface area contributed by atoms with E-state index < -0.39 is 12.1 Å². The van der Waals surface area contributed by atoms with Crippen molar-refractivity contribution in [2.75, 3.05) is 13.1 Å². The lowest BCUT2D eigenvalue weighted by atomic mass is 9.44. The van der Waals surface area contributed by atoms with Crippen LogP contribution < -0.4 is 0 Å². The number of carbonyl (C=O) groups excluding carboxylic acids is 1. The van der Waals surface area contributed by atoms with Crippen molar-refractivity contribution in [3.63, 3.8) is 0 Å². The molecule has 0 aromatic heterocycles. The number of hydrogen-bond donors (Lipinski definition) is 2. The molecule has 2 N–H and O–H groups in total. The van der Waals surface area contributed by atoms with Gasteiger partial charge in [0.15, 0.2) is 0 Å². The van der Waals surface area contributed by atoms with Crippen LogP contribution in [0.3, 0.4) is 0 Å². The molecule has 5 aliphatic rings. The molecule has 180 valence electrons. The maximum absolute atomic E-state index is 12.7. The number of ether oxygens (including phenoxy) is 1. The molecule has 0 aromatic carbocycles. The third-order valence-electron chi connectivity index (χ3n) is 10.8. The van der Waals surface area contributed by atoms with Crippen molar-refractivity contribution in [3.05, 3.63) is 0 Å². The molecule has 32 heavy (non-hydrogen) atoms. The fraction of sp³-hybridized carbons (Fsp3) is 0.923. The van der Waals surface area contributed by atoms with Crippen molar-refractivity contribution in [2.24, 2.45) is 40.4 Å². The first-order valence-corrected chi connectivity index (χ1v) is 13.1. The second-order valence-corrected chi connectivity index (χ2v) is 12.2. The molecule has 9 atom stereocenters. The van der Waals surface area contributed by atoms with Gasteiger partial charge in [-0.2, -0.15) is 0 Å². The maximum Gasteiger partial charge on any atom is 0.410 e. The summed E-state index contributed by atoms with van der Waals surface area (Å²) in [5.74, 6) is 1.73. The number of aliphatic hydroxyl groups is 1. The van der Waals surface area contributed by atoms with E-state index in [2.05, 4.69) is 13.8 Å². The van der Waals surface area contributed by atoms with Gasteiger partial charge in [-0.05, 0) is 105 Å². The summed E-state index contributed by atoms with van der Waals surface area (Å²) in [5.41, 5.74) is 0.262. The number of nitrogens with zero attached hydrogens (tertiary/aromatic N) is 1. The minimum absolute atomic E-state index is 0.00655. The first-order valence-electron chi connectivity index (χ1n) is 13.1. The number of carbonyl (C=O) groups is 2. The molecule has 3 unspecified atom stereocenters. The molecule has 6 nitrogen and oxygen atoms in total. The lowest BCUT2D eigenvalue weighted by Gasteiger charge is -2.60. The lowest BCUT2D eigenvalue weighted by Crippen LogP contribution is -2.54. The second-order valence-electron chi connectivity index (χ2n) is 12.2. The Bertz CT molecular complexity index is 756. The summed E-state index contributed by atoms with van der Waals surface area (Å²) in [6, 6.07) is 0. The van der Waals surface area contributed by atoms with E-state index in [1.165, 1.54) is 12.8 Å². The summed E-state index contributed by atoms with van der Waals surface area (Å²) in [4.78, 5) is 26.3. The number of amides is 1. The Morgan fingerprint density at radius 3 is 2.44 bits per heavy atom. The number of carboxylic acids is 1. The predicted molar refractivity (Wildman–Crippen MR) is 120 cm³/mol. The highest BCUT2D eigenvalue weighted by atomic mass is 16.6. The van der Waals surface area contributed by atoms with Crippen molar-refractivity contribution in [1.82, 2.24) is 4.90 Å². The van der Waals surface area contributed by atoms with Crippen LogP contribution >= 0.6 is 0 Å². The number of aliphatic carboxylic acids is 1. The van der Waals surface area contributed by atoms with Gasteiger partial charge < -0.3 is 19.8 Å². The number of β-amino-alcohol motifs (C(OH)–C–C–N with tert-alkyl or cyclic N) is 1. The second kappa shape index (κ2) is 8.18. The SMILES string of the molecule is C[C@]12CCC(OC(=O)N3CCCC(O)C3)C[C@@H]1CC[C@@H]1[C@@H]2CC[C@]2(C)C(C(=O)O)CC[C@@H]12. The van der Waals surface area contributed by atoms with E-state index in [9.17, 15) is 19.8 Å². The maximum atomic E-state index is 12.7. The molecule has 4 saturated carbocycles. The Morgan fingerprint density at radius 1 is 0.938 bits per heavy atom. The fourth-order valence-electron chi connectivity index (χ4n) is 9.07. The minimum atomic E-state index is -0.586. The Labute approximate surface area is 192 Å². The highest BCUT2D eigenvalue weighted by Crippen LogP contribution is 2.67. The van der Waals surface area contributed by atoms with Gasteiger partial charge in [0.25, 0.3) is 0 Å². The number of piperidine rings is 1. The topological polar surface area (TPSA) is 87.1 Å². The van der Waals surface area contributed by atoms with E-state index in [1.54, 1.807) is 4.90 Å². The van der Waals surface area contributed by atoms with Crippen LogP contribution in [0.15, 0.2) is 0 Å². The van der Waals surface area contributed by atoms with Gasteiger partial charge >= 0.3 is 12.1 Å². The van der Waals surface area contributed by atoms with Crippen molar-refractivity contribution >= 4 is 12.1 Å². The number of hydrogen-bond acceptors (Lipinski definition) is 4. The molecule has 6 heteroatoms. The van der Waals surface area contributed by atoms with Crippen LogP contribution in [0.1, 0.15) is 84.5 Å². The Balaban J connectivity index is 1.24. The molecule has 0 bridgehead atoms. The molecule has 0 spiro atoms. The van der Waals surface area contributed by atoms with Gasteiger partial charge in [-0.3, -0.25) is 4.79 Å². The van der Waals surface area contributed by atoms with E-state index >= 15 is 0 Å². The largest absolute Gasteiger partial charge is 0.481 e. The Kier molecular flexibility index (Phi) is 5.75. The predicted octanol–water partition coefficient (Wildman–Crippen LogP) is 4.69. The zero-order chi connectivity index (χ0) is 22.7. The van der Waals surface area contributed by atoms with Crippen LogP contribution in [-0.4, -0.2) is 52.5 Å². The monoisotopic (exact) mass is 447 g/mol. The van der Waals surface area contributed by atoms with E-state index in [1.807, 2.05) is 0 Å². The third kappa shape index (κ3) is 3.56. The highest BCUT2D eigenvalue weighted by Gasteiger charge is 2.61. The first-order chi connectivity index (χ1) is 15.2. The Morgan fingerprint density at radius 2 is 1.69 bits per heavy atom. The third-order valence-corrected chi connectivity index (χ3v) is 10.8. The molecule has 1 aliphatic heterocycles. The molecule has 0 radical (unpaired) electrons. The van der Waals surface area contributed by atoms with Gasteiger partial charge in [-0.25, -0.2) is 4.79 Å². The summed E-state index contributed by atoms with van der Waals surface area (Å²) in [6.45, 7) is 5.83. The average molecular weight is 448 g/mol. The normalized spacial score (nSPS) is 48.3. The van der Waals surface area contributed by atoms with Gasteiger partial charge in [-0.15, -0.1) is 0 Å². The number of aliphatic hydroxyl groups excluding tert-OH is 1. The average Bonchev–Trinajstić information content (AvgIpc) is 3.11. The summed E-state index contributed by atoms with van der Waals surface area (Å²) in [5, 5.41) is 19.7. The number of fused-ring (bicyclic) bond motifs is 5. The molecule has 1 amide bonds. The van der Waals surface area contributed by atoms with Crippen LogP contribution in [0.25, 0.3) is 0 Å². The molecule has 1 saturated heterocycles. The van der Waals surface area contributed by atoms with Crippen LogP contribution in [0.2, 0.25) is 0 Å². The molecule has 4 aliphatic carbocycles. The van der Waals surface area contributed by atoms with E-state index in [0.717, 1.165) is 57.8 Å². The van der Waals surface area contributed by atoms with Crippen LogP contribution in [0, 0.1) is 40.4 Å². The minimum Gasteiger partial charge on any atom is -0.481 e. The summed E-state index contributed by atoms with van der Waals surface area (Å²) < 4.78 is 5.95. The van der Waals surface area contributed by atoms with Crippen LogP contribution in [0.4, 0.5) is 4.79 Å². The number of carboxylic acid groups (broad SMARTS) is 1. The first kappa shape index (κ1) is 22.5. The smallest absolute Gasteiger partial charge is 0.410 e. The fourth-order valence-corrected chi connectivity index (χ4v) is 9.07. The molecular weight excluding hydrogens is 406 g/mol. The van der Waals surface area contributed by atoms with Crippen LogP contribution in [0.5, 0.6) is 0 Å². The zero-order valence-corrected chi connectivity index (χ0v) is 19.8. The van der Waals surface area contributed by atoms with Gasteiger partial charge in [0.2, 0.25) is 0 Å². The van der Waals surface area contributed by atoms with E-state index in [4.69, 9.17) is 4.74 Å². The van der Waals surface area contributed by atoms with E-state index in [-0.39, 0.29) is 28.9 Å². The molecule has 5 fully saturated rings. The number of likely N-dealkylation sites (tertiary alicyclic amines) is 1. The van der Waals surface area contributed by atoms with E-state index in [0.29, 0.717) is 36.8 Å². The van der Waals surface area contributed by atoms with Gasteiger partial charge in [0, 0.05) is 13.1 Å². The highest BCUT2D eigenvalue weighted by molar-refractivity contribution is 5.71. The molecule has 5 rings (SSSR count). The molecule has 0 aromatic rings. The van der Waals surface area contributed by atoms with Crippen molar-refractivity contribution in [3.8, 4) is 0 Å². The van der Waals surface area contributed by atoms with Crippen molar-refractivity contribution in [1.29, 1.82) is 0 Å². The van der Waals surface area contributed by atoms with Gasteiger partial charge in [-0.1, -0.05) is 13.8 Å². The summed E-state index contributed by atoms with van der Waals surface area (Å²) in [6.07, 6.45) is 10.4. The molecular formula is C26H41NO5. The van der Waals surface area contributed by atoms with Crippen molar-refractivity contribution in [2.45, 2.75) is 96.7 Å². The van der Waals surface area contributed by atoms with Crippen LogP contribution in [-0.2, 0) is 9.53 Å².